The topological polar surface area (TPSA) is 0 Å². The lowest BCUT2D eigenvalue weighted by molar-refractivity contribution is 1.36. The molecule has 0 aliphatic rings. The van der Waals surface area contributed by atoms with Crippen LogP contribution in [0.1, 0.15) is 12.5 Å². The second kappa shape index (κ2) is 5.82. The number of rotatable bonds is 4. The van der Waals surface area contributed by atoms with Gasteiger partial charge in [0.15, 0.2) is 0 Å². The average Bonchev–Trinajstić information content (AvgIpc) is 2.38. The summed E-state index contributed by atoms with van der Waals surface area (Å²) in [6.45, 7) is 2.29. The first-order valence-electron chi connectivity index (χ1n) is 5.74. The molecule has 0 heterocycles. The van der Waals surface area contributed by atoms with Crippen molar-refractivity contribution in [1.82, 2.24) is 0 Å². The van der Waals surface area contributed by atoms with Crippen LogP contribution in [0.25, 0.3) is 0 Å². The van der Waals surface area contributed by atoms with Gasteiger partial charge in [0.25, 0.3) is 0 Å². The van der Waals surface area contributed by atoms with Crippen molar-refractivity contribution in [2.45, 2.75) is 13.1 Å². The second-order valence-electron chi connectivity index (χ2n) is 3.84. The summed E-state index contributed by atoms with van der Waals surface area (Å²) < 4.78 is 0. The Labute approximate surface area is 99.1 Å². The highest BCUT2D eigenvalue weighted by Gasteiger charge is 2.08. The van der Waals surface area contributed by atoms with E-state index in [0.29, 0.717) is 0 Å². The van der Waals surface area contributed by atoms with E-state index in [9.17, 15) is 0 Å². The molecule has 0 N–H and O–H groups in total. The van der Waals surface area contributed by atoms with E-state index in [2.05, 4.69) is 67.6 Å². The molecule has 0 saturated carbocycles. The molecule has 0 saturated heterocycles. The van der Waals surface area contributed by atoms with Crippen LogP contribution >= 0.6 is 7.92 Å². The Hall–Kier alpha value is -1.13. The normalized spacial score (nSPS) is 12.3. The Morgan fingerprint density at radius 1 is 0.812 bits per heavy atom. The number of hydrogen-bond acceptors (Lipinski definition) is 0. The Balaban J connectivity index is 2.13. The predicted molar refractivity (Wildman–Crippen MR) is 73.7 cm³/mol. The van der Waals surface area contributed by atoms with Crippen molar-refractivity contribution < 1.29 is 0 Å². The standard InChI is InChI=1S/C15H17P/c1-2-16(15-11-7-4-8-12-15)13-14-9-5-3-6-10-14/h3-12H,2,13H2,1H3. The monoisotopic (exact) mass is 228 g/mol. The quantitative estimate of drug-likeness (QED) is 0.693. The molecule has 2 aromatic carbocycles. The maximum atomic E-state index is 2.29. The zero-order valence-corrected chi connectivity index (χ0v) is 10.5. The van der Waals surface area contributed by atoms with E-state index in [0.717, 1.165) is 0 Å². The summed E-state index contributed by atoms with van der Waals surface area (Å²) in [4.78, 5) is 0. The highest BCUT2D eigenvalue weighted by atomic mass is 31.1. The summed E-state index contributed by atoms with van der Waals surface area (Å²) in [5, 5.41) is 1.52. The minimum atomic E-state index is -0.0298. The minimum absolute atomic E-state index is 0.0298. The summed E-state index contributed by atoms with van der Waals surface area (Å²) in [5.41, 5.74) is 1.46. The lowest BCUT2D eigenvalue weighted by Gasteiger charge is -2.16. The molecule has 0 bridgehead atoms. The first-order chi connectivity index (χ1) is 7.90. The van der Waals surface area contributed by atoms with Crippen molar-refractivity contribution in [3.05, 3.63) is 66.2 Å². The zero-order chi connectivity index (χ0) is 11.2. The van der Waals surface area contributed by atoms with Gasteiger partial charge in [0.2, 0.25) is 0 Å². The Bertz CT molecular complexity index is 408. The maximum absolute atomic E-state index is 2.29. The van der Waals surface area contributed by atoms with E-state index in [1.807, 2.05) is 0 Å². The predicted octanol–water partition coefficient (Wildman–Crippen LogP) is 4.01. The van der Waals surface area contributed by atoms with Gasteiger partial charge < -0.3 is 0 Å². The van der Waals surface area contributed by atoms with Gasteiger partial charge in [-0.05, 0) is 23.2 Å². The van der Waals surface area contributed by atoms with Crippen molar-refractivity contribution in [1.29, 1.82) is 0 Å². The summed E-state index contributed by atoms with van der Waals surface area (Å²) in [5.74, 6) is 0. The fraction of sp³-hybridized carbons (Fsp3) is 0.200. The first-order valence-corrected chi connectivity index (χ1v) is 7.45. The molecule has 82 valence electrons. The molecule has 1 unspecified atom stereocenters. The van der Waals surface area contributed by atoms with Crippen molar-refractivity contribution in [3.63, 3.8) is 0 Å². The van der Waals surface area contributed by atoms with Gasteiger partial charge in [0.1, 0.15) is 0 Å². The Kier molecular flexibility index (Phi) is 4.13. The van der Waals surface area contributed by atoms with Gasteiger partial charge in [0, 0.05) is 0 Å². The van der Waals surface area contributed by atoms with Crippen molar-refractivity contribution >= 4 is 13.2 Å². The second-order valence-corrected chi connectivity index (χ2v) is 6.38. The van der Waals surface area contributed by atoms with E-state index in [-0.39, 0.29) is 7.92 Å². The van der Waals surface area contributed by atoms with Gasteiger partial charge in [0.05, 0.1) is 0 Å². The summed E-state index contributed by atoms with van der Waals surface area (Å²) >= 11 is 0. The van der Waals surface area contributed by atoms with Crippen LogP contribution in [0.2, 0.25) is 0 Å². The zero-order valence-electron chi connectivity index (χ0n) is 9.63. The molecular weight excluding hydrogens is 211 g/mol. The molecule has 0 aliphatic heterocycles. The third-order valence-electron chi connectivity index (χ3n) is 2.72. The average molecular weight is 228 g/mol. The van der Waals surface area contributed by atoms with Crippen LogP contribution in [0.5, 0.6) is 0 Å². The largest absolute Gasteiger partial charge is 0.0711 e. The molecule has 0 fully saturated rings. The van der Waals surface area contributed by atoms with E-state index < -0.39 is 0 Å². The molecule has 0 aliphatic carbocycles. The molecule has 1 atom stereocenters. The van der Waals surface area contributed by atoms with E-state index in [4.69, 9.17) is 0 Å². The Morgan fingerprint density at radius 2 is 1.38 bits per heavy atom. The molecule has 2 rings (SSSR count). The van der Waals surface area contributed by atoms with Gasteiger partial charge in [-0.3, -0.25) is 0 Å². The third-order valence-corrected chi connectivity index (χ3v) is 5.26. The van der Waals surface area contributed by atoms with E-state index >= 15 is 0 Å². The summed E-state index contributed by atoms with van der Waals surface area (Å²) in [6.07, 6.45) is 2.46. The summed E-state index contributed by atoms with van der Waals surface area (Å²) in [7, 11) is -0.0298. The fourth-order valence-electron chi connectivity index (χ4n) is 1.83. The lowest BCUT2D eigenvalue weighted by Crippen LogP contribution is -2.03. The molecule has 1 heteroatoms. The van der Waals surface area contributed by atoms with Crippen molar-refractivity contribution in [2.24, 2.45) is 0 Å². The van der Waals surface area contributed by atoms with Crippen LogP contribution in [0.3, 0.4) is 0 Å². The molecule has 0 aromatic heterocycles. The van der Waals surface area contributed by atoms with E-state index in [1.165, 1.54) is 23.2 Å². The molecule has 2 aromatic rings. The molecule has 0 radical (unpaired) electrons. The van der Waals surface area contributed by atoms with Crippen LogP contribution in [0.15, 0.2) is 60.7 Å². The lowest BCUT2D eigenvalue weighted by atomic mass is 10.2. The molecular formula is C15H17P. The van der Waals surface area contributed by atoms with Crippen molar-refractivity contribution in [2.75, 3.05) is 6.16 Å². The Morgan fingerprint density at radius 3 is 1.94 bits per heavy atom. The summed E-state index contributed by atoms with van der Waals surface area (Å²) in [6, 6.07) is 21.7. The minimum Gasteiger partial charge on any atom is -0.0711 e. The van der Waals surface area contributed by atoms with Crippen molar-refractivity contribution in [3.8, 4) is 0 Å². The van der Waals surface area contributed by atoms with Gasteiger partial charge in [-0.1, -0.05) is 75.5 Å². The molecule has 0 spiro atoms. The maximum Gasteiger partial charge on any atom is -0.00329 e. The molecule has 0 nitrogen and oxygen atoms in total. The van der Waals surface area contributed by atoms with Gasteiger partial charge in [-0.25, -0.2) is 0 Å². The van der Waals surface area contributed by atoms with Gasteiger partial charge >= 0.3 is 0 Å². The van der Waals surface area contributed by atoms with E-state index in [1.54, 1.807) is 0 Å². The van der Waals surface area contributed by atoms with Gasteiger partial charge in [-0.15, -0.1) is 0 Å². The van der Waals surface area contributed by atoms with Crippen LogP contribution in [-0.2, 0) is 6.16 Å². The number of hydrogen-bond donors (Lipinski definition) is 0. The third kappa shape index (κ3) is 2.93. The smallest absolute Gasteiger partial charge is 0.00329 e. The van der Waals surface area contributed by atoms with Crippen LogP contribution in [0, 0.1) is 0 Å². The van der Waals surface area contributed by atoms with Crippen LogP contribution < -0.4 is 5.30 Å². The fourth-order valence-corrected chi connectivity index (χ4v) is 3.84. The molecule has 16 heavy (non-hydrogen) atoms. The van der Waals surface area contributed by atoms with Crippen LogP contribution in [-0.4, -0.2) is 6.16 Å². The van der Waals surface area contributed by atoms with Gasteiger partial charge in [-0.2, -0.15) is 0 Å². The molecule has 0 amide bonds. The highest BCUT2D eigenvalue weighted by molar-refractivity contribution is 7.64. The SMILES string of the molecule is CCP(Cc1ccccc1)c1ccccc1. The number of benzene rings is 2. The highest BCUT2D eigenvalue weighted by Crippen LogP contribution is 2.37. The van der Waals surface area contributed by atoms with Crippen LogP contribution in [0.4, 0.5) is 0 Å². The first kappa shape index (κ1) is 11.4.